The third-order valence-electron chi connectivity index (χ3n) is 2.79. The number of hydrogen-bond donors (Lipinski definition) is 1. The predicted molar refractivity (Wildman–Crippen MR) is 72.6 cm³/mol. The van der Waals surface area contributed by atoms with Gasteiger partial charge in [0.15, 0.2) is 5.92 Å². The normalized spacial score (nSPS) is 11.4. The summed E-state index contributed by atoms with van der Waals surface area (Å²) in [6, 6.07) is 19.5. The van der Waals surface area contributed by atoms with Gasteiger partial charge in [0.1, 0.15) is 17.6 Å². The van der Waals surface area contributed by atoms with Gasteiger partial charge in [-0.3, -0.25) is 0 Å². The molecule has 0 aliphatic carbocycles. The molecule has 0 radical (unpaired) electrons. The van der Waals surface area contributed by atoms with Gasteiger partial charge in [-0.1, -0.05) is 30.3 Å². The second-order valence-corrected chi connectivity index (χ2v) is 4.16. The lowest BCUT2D eigenvalue weighted by molar-refractivity contribution is 0.156. The fraction of sp³-hybridized carbons (Fsp3) is 0.125. The van der Waals surface area contributed by atoms with Crippen molar-refractivity contribution in [1.82, 2.24) is 0 Å². The highest BCUT2D eigenvalue weighted by Crippen LogP contribution is 2.26. The van der Waals surface area contributed by atoms with Gasteiger partial charge in [0.05, 0.1) is 12.1 Å². The number of rotatable bonds is 4. The Morgan fingerprint density at radius 3 is 1.95 bits per heavy atom. The van der Waals surface area contributed by atoms with Crippen molar-refractivity contribution in [2.45, 2.75) is 6.10 Å². The van der Waals surface area contributed by atoms with Crippen LogP contribution in [0.3, 0.4) is 0 Å². The Bertz CT molecular complexity index is 625. The van der Waals surface area contributed by atoms with Crippen LogP contribution in [0.2, 0.25) is 0 Å². The Morgan fingerprint density at radius 2 is 1.40 bits per heavy atom. The first kappa shape index (κ1) is 13.6. The zero-order chi connectivity index (χ0) is 14.4. The standard InChI is InChI=1S/C16H12N2O2/c17-10-13(11-18)16(19)12-6-8-15(9-7-12)20-14-4-2-1-3-5-14/h1-9,13,16,19H. The van der Waals surface area contributed by atoms with Crippen LogP contribution in [0.4, 0.5) is 0 Å². The Hall–Kier alpha value is -2.82. The molecule has 0 saturated heterocycles. The average Bonchev–Trinajstić information content (AvgIpc) is 2.50. The molecule has 0 bridgehead atoms. The summed E-state index contributed by atoms with van der Waals surface area (Å²) in [4.78, 5) is 0. The molecule has 2 aromatic rings. The molecule has 0 fully saturated rings. The van der Waals surface area contributed by atoms with E-state index in [-0.39, 0.29) is 0 Å². The van der Waals surface area contributed by atoms with Gasteiger partial charge < -0.3 is 9.84 Å². The average molecular weight is 264 g/mol. The molecular formula is C16H12N2O2. The van der Waals surface area contributed by atoms with E-state index in [1.165, 1.54) is 0 Å². The molecule has 1 unspecified atom stereocenters. The zero-order valence-corrected chi connectivity index (χ0v) is 10.6. The third kappa shape index (κ3) is 3.14. The van der Waals surface area contributed by atoms with Crippen molar-refractivity contribution in [2.24, 2.45) is 5.92 Å². The number of nitriles is 2. The summed E-state index contributed by atoms with van der Waals surface area (Å²) in [5, 5.41) is 27.4. The quantitative estimate of drug-likeness (QED) is 0.920. The lowest BCUT2D eigenvalue weighted by atomic mass is 9.98. The van der Waals surface area contributed by atoms with E-state index in [4.69, 9.17) is 15.3 Å². The number of benzene rings is 2. The smallest absolute Gasteiger partial charge is 0.163 e. The Morgan fingerprint density at radius 1 is 0.850 bits per heavy atom. The van der Waals surface area contributed by atoms with Crippen LogP contribution in [0.15, 0.2) is 54.6 Å². The minimum Gasteiger partial charge on any atom is -0.457 e. The number of nitrogens with zero attached hydrogens (tertiary/aromatic N) is 2. The van der Waals surface area contributed by atoms with E-state index < -0.39 is 12.0 Å². The number of aliphatic hydroxyl groups is 1. The van der Waals surface area contributed by atoms with Crippen molar-refractivity contribution in [3.63, 3.8) is 0 Å². The molecule has 4 nitrogen and oxygen atoms in total. The van der Waals surface area contributed by atoms with Gasteiger partial charge in [0.25, 0.3) is 0 Å². The predicted octanol–water partition coefficient (Wildman–Crippen LogP) is 3.18. The molecule has 0 aromatic heterocycles. The summed E-state index contributed by atoms with van der Waals surface area (Å²) in [5.41, 5.74) is 0.513. The van der Waals surface area contributed by atoms with Crippen LogP contribution in [0.1, 0.15) is 11.7 Å². The van der Waals surface area contributed by atoms with Crippen LogP contribution in [-0.4, -0.2) is 5.11 Å². The van der Waals surface area contributed by atoms with Crippen molar-refractivity contribution >= 4 is 0 Å². The maximum Gasteiger partial charge on any atom is 0.163 e. The van der Waals surface area contributed by atoms with Crippen LogP contribution >= 0.6 is 0 Å². The molecule has 4 heteroatoms. The highest BCUT2D eigenvalue weighted by molar-refractivity contribution is 5.34. The van der Waals surface area contributed by atoms with Crippen LogP contribution < -0.4 is 4.74 Å². The molecule has 2 rings (SSSR count). The SMILES string of the molecule is N#CC(C#N)C(O)c1ccc(Oc2ccccc2)cc1. The van der Waals surface area contributed by atoms with Gasteiger partial charge in [0.2, 0.25) is 0 Å². The van der Waals surface area contributed by atoms with Gasteiger partial charge >= 0.3 is 0 Å². The molecule has 0 aliphatic heterocycles. The Labute approximate surface area is 117 Å². The summed E-state index contributed by atoms with van der Waals surface area (Å²) in [6.07, 6.45) is -1.12. The number of hydrogen-bond acceptors (Lipinski definition) is 4. The molecule has 0 saturated carbocycles. The van der Waals surface area contributed by atoms with Gasteiger partial charge in [0, 0.05) is 0 Å². The number of para-hydroxylation sites is 1. The molecule has 1 N–H and O–H groups in total. The molecule has 2 aromatic carbocycles. The molecule has 98 valence electrons. The first-order chi connectivity index (χ1) is 9.74. The first-order valence-electron chi connectivity index (χ1n) is 6.05. The number of aliphatic hydroxyl groups excluding tert-OH is 1. The lowest BCUT2D eigenvalue weighted by Gasteiger charge is -2.12. The van der Waals surface area contributed by atoms with Gasteiger partial charge in [-0.25, -0.2) is 0 Å². The summed E-state index contributed by atoms with van der Waals surface area (Å²) in [7, 11) is 0. The fourth-order valence-corrected chi connectivity index (χ4v) is 1.72. The summed E-state index contributed by atoms with van der Waals surface area (Å²) >= 11 is 0. The van der Waals surface area contributed by atoms with E-state index >= 15 is 0 Å². The van der Waals surface area contributed by atoms with Crippen molar-refractivity contribution < 1.29 is 9.84 Å². The van der Waals surface area contributed by atoms with Gasteiger partial charge in [-0.2, -0.15) is 10.5 Å². The molecule has 20 heavy (non-hydrogen) atoms. The van der Waals surface area contributed by atoms with Crippen molar-refractivity contribution in [2.75, 3.05) is 0 Å². The monoisotopic (exact) mass is 264 g/mol. The Kier molecular flexibility index (Phi) is 4.34. The topological polar surface area (TPSA) is 77.0 Å². The van der Waals surface area contributed by atoms with E-state index in [1.54, 1.807) is 36.4 Å². The summed E-state index contributed by atoms with van der Waals surface area (Å²) in [5.74, 6) is 0.265. The third-order valence-corrected chi connectivity index (χ3v) is 2.79. The number of ether oxygens (including phenoxy) is 1. The lowest BCUT2D eigenvalue weighted by Crippen LogP contribution is -2.08. The molecule has 0 aliphatic rings. The van der Waals surface area contributed by atoms with E-state index in [1.807, 2.05) is 30.3 Å². The van der Waals surface area contributed by atoms with Crippen LogP contribution in [0.25, 0.3) is 0 Å². The second kappa shape index (κ2) is 6.38. The van der Waals surface area contributed by atoms with Crippen LogP contribution in [0.5, 0.6) is 11.5 Å². The highest BCUT2D eigenvalue weighted by atomic mass is 16.5. The van der Waals surface area contributed by atoms with Crippen LogP contribution in [-0.2, 0) is 0 Å². The molecule has 0 heterocycles. The van der Waals surface area contributed by atoms with Crippen molar-refractivity contribution in [1.29, 1.82) is 10.5 Å². The van der Waals surface area contributed by atoms with Crippen molar-refractivity contribution in [3.8, 4) is 23.6 Å². The molecule has 1 atom stereocenters. The largest absolute Gasteiger partial charge is 0.457 e. The molecular weight excluding hydrogens is 252 g/mol. The van der Waals surface area contributed by atoms with E-state index in [9.17, 15) is 5.11 Å². The summed E-state index contributed by atoms with van der Waals surface area (Å²) in [6.45, 7) is 0. The summed E-state index contributed by atoms with van der Waals surface area (Å²) < 4.78 is 5.61. The fourth-order valence-electron chi connectivity index (χ4n) is 1.72. The minimum atomic E-state index is -1.12. The maximum atomic E-state index is 9.88. The Balaban J connectivity index is 2.11. The van der Waals surface area contributed by atoms with E-state index in [0.717, 1.165) is 0 Å². The molecule has 0 spiro atoms. The van der Waals surface area contributed by atoms with Crippen LogP contribution in [0, 0.1) is 28.6 Å². The minimum absolute atomic E-state index is 0.513. The maximum absolute atomic E-state index is 9.88. The van der Waals surface area contributed by atoms with E-state index in [2.05, 4.69) is 0 Å². The van der Waals surface area contributed by atoms with E-state index in [0.29, 0.717) is 17.1 Å². The first-order valence-corrected chi connectivity index (χ1v) is 6.05. The van der Waals surface area contributed by atoms with Gasteiger partial charge in [-0.05, 0) is 29.8 Å². The highest BCUT2D eigenvalue weighted by Gasteiger charge is 2.19. The second-order valence-electron chi connectivity index (χ2n) is 4.16. The van der Waals surface area contributed by atoms with Crippen molar-refractivity contribution in [3.05, 3.63) is 60.2 Å². The van der Waals surface area contributed by atoms with Gasteiger partial charge in [-0.15, -0.1) is 0 Å². The zero-order valence-electron chi connectivity index (χ0n) is 10.6. The molecule has 0 amide bonds.